The van der Waals surface area contributed by atoms with Crippen LogP contribution in [0.25, 0.3) is 0 Å². The average molecular weight is 354 g/mol. The first-order valence-electron chi connectivity index (χ1n) is 9.12. The predicted molar refractivity (Wildman–Crippen MR) is 102 cm³/mol. The minimum absolute atomic E-state index is 0.0857. The highest BCUT2D eigenvalue weighted by Gasteiger charge is 2.11. The van der Waals surface area contributed by atoms with Gasteiger partial charge in [-0.1, -0.05) is 30.3 Å². The van der Waals surface area contributed by atoms with Crippen LogP contribution in [0.2, 0.25) is 0 Å². The molecule has 1 aliphatic heterocycles. The van der Waals surface area contributed by atoms with E-state index in [0.29, 0.717) is 12.1 Å². The molecular formula is C20H26N4O2. The highest BCUT2D eigenvalue weighted by molar-refractivity contribution is 5.94. The first-order valence-corrected chi connectivity index (χ1v) is 9.12. The fourth-order valence-corrected chi connectivity index (χ4v) is 2.91. The summed E-state index contributed by atoms with van der Waals surface area (Å²) in [6, 6.07) is 12.2. The number of benzene rings is 1. The molecule has 0 spiro atoms. The third kappa shape index (κ3) is 5.82. The van der Waals surface area contributed by atoms with E-state index in [9.17, 15) is 4.79 Å². The van der Waals surface area contributed by atoms with Crippen molar-refractivity contribution in [1.82, 2.24) is 15.2 Å². The van der Waals surface area contributed by atoms with Crippen molar-refractivity contribution in [2.45, 2.75) is 6.42 Å². The van der Waals surface area contributed by atoms with Gasteiger partial charge in [0.1, 0.15) is 0 Å². The van der Waals surface area contributed by atoms with Crippen molar-refractivity contribution < 1.29 is 9.53 Å². The fraction of sp³-hybridized carbons (Fsp3) is 0.400. The monoisotopic (exact) mass is 354 g/mol. The van der Waals surface area contributed by atoms with Crippen LogP contribution in [-0.2, 0) is 11.2 Å². The van der Waals surface area contributed by atoms with Crippen molar-refractivity contribution in [2.75, 3.05) is 51.3 Å². The topological polar surface area (TPSA) is 66.5 Å². The molecule has 2 heterocycles. The zero-order chi connectivity index (χ0) is 18.0. The van der Waals surface area contributed by atoms with Crippen LogP contribution in [0.5, 0.6) is 0 Å². The van der Waals surface area contributed by atoms with E-state index in [2.05, 4.69) is 32.7 Å². The summed E-state index contributed by atoms with van der Waals surface area (Å²) in [6.07, 6.45) is 4.28. The molecule has 1 aromatic carbocycles. The Balaban J connectivity index is 1.42. The average Bonchev–Trinajstić information content (AvgIpc) is 2.70. The number of nitrogens with one attached hydrogen (secondary N) is 2. The number of nitrogens with zero attached hydrogens (tertiary/aromatic N) is 2. The van der Waals surface area contributed by atoms with Crippen LogP contribution >= 0.6 is 0 Å². The van der Waals surface area contributed by atoms with E-state index in [-0.39, 0.29) is 5.91 Å². The first-order chi connectivity index (χ1) is 12.8. The zero-order valence-corrected chi connectivity index (χ0v) is 15.0. The Labute approximate surface area is 154 Å². The van der Waals surface area contributed by atoms with Gasteiger partial charge in [-0.25, -0.2) is 0 Å². The van der Waals surface area contributed by atoms with Crippen molar-refractivity contribution in [3.8, 4) is 0 Å². The lowest BCUT2D eigenvalue weighted by Gasteiger charge is -2.26. The van der Waals surface area contributed by atoms with Gasteiger partial charge in [0.2, 0.25) is 0 Å². The molecule has 2 N–H and O–H groups in total. The number of hydrogen-bond donors (Lipinski definition) is 2. The van der Waals surface area contributed by atoms with E-state index >= 15 is 0 Å². The van der Waals surface area contributed by atoms with Gasteiger partial charge < -0.3 is 15.4 Å². The second kappa shape index (κ2) is 9.89. The maximum Gasteiger partial charge on any atom is 0.252 e. The van der Waals surface area contributed by atoms with E-state index in [1.165, 1.54) is 5.56 Å². The number of carbonyl (C=O) groups excluding carboxylic acids is 1. The van der Waals surface area contributed by atoms with Gasteiger partial charge in [0.05, 0.1) is 24.5 Å². The van der Waals surface area contributed by atoms with Crippen LogP contribution in [0.4, 0.5) is 5.69 Å². The van der Waals surface area contributed by atoms with Crippen LogP contribution in [0.3, 0.4) is 0 Å². The normalized spacial score (nSPS) is 14.8. The molecule has 0 aliphatic carbocycles. The molecule has 26 heavy (non-hydrogen) atoms. The summed E-state index contributed by atoms with van der Waals surface area (Å²) in [5.74, 6) is -0.0857. The number of morpholine rings is 1. The molecule has 6 heteroatoms. The van der Waals surface area contributed by atoms with Crippen molar-refractivity contribution in [3.63, 3.8) is 0 Å². The molecule has 138 valence electrons. The van der Waals surface area contributed by atoms with Crippen LogP contribution < -0.4 is 10.6 Å². The van der Waals surface area contributed by atoms with E-state index in [0.717, 1.165) is 51.5 Å². The van der Waals surface area contributed by atoms with Gasteiger partial charge in [-0.15, -0.1) is 0 Å². The van der Waals surface area contributed by atoms with Gasteiger partial charge >= 0.3 is 0 Å². The van der Waals surface area contributed by atoms with Crippen LogP contribution in [0.15, 0.2) is 48.8 Å². The second-order valence-corrected chi connectivity index (χ2v) is 6.33. The zero-order valence-electron chi connectivity index (χ0n) is 15.0. The van der Waals surface area contributed by atoms with E-state index in [1.54, 1.807) is 12.4 Å². The highest BCUT2D eigenvalue weighted by atomic mass is 16.5. The number of aromatic nitrogens is 1. The Morgan fingerprint density at radius 2 is 1.92 bits per heavy atom. The minimum Gasteiger partial charge on any atom is -0.383 e. The Kier molecular flexibility index (Phi) is 6.98. The molecule has 3 rings (SSSR count). The summed E-state index contributed by atoms with van der Waals surface area (Å²) >= 11 is 0. The van der Waals surface area contributed by atoms with Crippen LogP contribution in [0, 0.1) is 0 Å². The first kappa shape index (κ1) is 18.4. The SMILES string of the molecule is O=C(NCCN1CCOCC1)c1cncc(NCCc2ccccc2)c1. The van der Waals surface area contributed by atoms with Crippen molar-refractivity contribution >= 4 is 11.6 Å². The van der Waals surface area contributed by atoms with Crippen molar-refractivity contribution in [1.29, 1.82) is 0 Å². The number of amides is 1. The number of pyridine rings is 1. The Morgan fingerprint density at radius 3 is 2.73 bits per heavy atom. The highest BCUT2D eigenvalue weighted by Crippen LogP contribution is 2.09. The van der Waals surface area contributed by atoms with Gasteiger partial charge in [-0.2, -0.15) is 0 Å². The summed E-state index contributed by atoms with van der Waals surface area (Å²) in [4.78, 5) is 18.8. The van der Waals surface area contributed by atoms with Crippen molar-refractivity contribution in [2.24, 2.45) is 0 Å². The molecular weight excluding hydrogens is 328 g/mol. The standard InChI is InChI=1S/C20H26N4O2/c25-20(23-8-9-24-10-12-26-13-11-24)18-14-19(16-21-15-18)22-7-6-17-4-2-1-3-5-17/h1-5,14-16,22H,6-13H2,(H,23,25). The Morgan fingerprint density at radius 1 is 1.12 bits per heavy atom. The Hall–Kier alpha value is -2.44. The smallest absolute Gasteiger partial charge is 0.252 e. The molecule has 0 radical (unpaired) electrons. The van der Waals surface area contributed by atoms with E-state index in [1.807, 2.05) is 24.3 Å². The van der Waals surface area contributed by atoms with Crippen LogP contribution in [0.1, 0.15) is 15.9 Å². The van der Waals surface area contributed by atoms with E-state index in [4.69, 9.17) is 4.74 Å². The number of anilines is 1. The van der Waals surface area contributed by atoms with Gasteiger partial charge in [0.15, 0.2) is 0 Å². The van der Waals surface area contributed by atoms with Gasteiger partial charge in [0, 0.05) is 45.1 Å². The molecule has 1 saturated heterocycles. The van der Waals surface area contributed by atoms with Crippen molar-refractivity contribution in [3.05, 3.63) is 59.9 Å². The molecule has 0 saturated carbocycles. The Bertz CT molecular complexity index is 687. The lowest BCUT2D eigenvalue weighted by atomic mass is 10.1. The number of ether oxygens (including phenoxy) is 1. The molecule has 0 atom stereocenters. The molecule has 1 amide bonds. The van der Waals surface area contributed by atoms with Gasteiger partial charge in [-0.05, 0) is 18.1 Å². The van der Waals surface area contributed by atoms with E-state index < -0.39 is 0 Å². The van der Waals surface area contributed by atoms with Gasteiger partial charge in [0.25, 0.3) is 5.91 Å². The third-order valence-corrected chi connectivity index (χ3v) is 4.40. The molecule has 6 nitrogen and oxygen atoms in total. The molecule has 1 aliphatic rings. The maximum absolute atomic E-state index is 12.3. The lowest BCUT2D eigenvalue weighted by Crippen LogP contribution is -2.41. The lowest BCUT2D eigenvalue weighted by molar-refractivity contribution is 0.0383. The van der Waals surface area contributed by atoms with Gasteiger partial charge in [-0.3, -0.25) is 14.7 Å². The summed E-state index contributed by atoms with van der Waals surface area (Å²) in [5, 5.41) is 6.30. The van der Waals surface area contributed by atoms with Crippen LogP contribution in [-0.4, -0.2) is 61.7 Å². The third-order valence-electron chi connectivity index (χ3n) is 4.40. The molecule has 0 unspecified atom stereocenters. The molecule has 1 fully saturated rings. The fourth-order valence-electron chi connectivity index (χ4n) is 2.91. The predicted octanol–water partition coefficient (Wildman–Crippen LogP) is 1.80. The minimum atomic E-state index is -0.0857. The number of rotatable bonds is 8. The molecule has 0 bridgehead atoms. The summed E-state index contributed by atoms with van der Waals surface area (Å²) in [6.45, 7) is 5.68. The largest absolute Gasteiger partial charge is 0.383 e. The summed E-state index contributed by atoms with van der Waals surface area (Å²) < 4.78 is 5.33. The summed E-state index contributed by atoms with van der Waals surface area (Å²) in [5.41, 5.74) is 2.73. The quantitative estimate of drug-likeness (QED) is 0.757. The maximum atomic E-state index is 12.3. The second-order valence-electron chi connectivity index (χ2n) is 6.33. The number of carbonyl (C=O) groups is 1. The number of hydrogen-bond acceptors (Lipinski definition) is 5. The molecule has 2 aromatic rings. The molecule has 1 aromatic heterocycles. The summed E-state index contributed by atoms with van der Waals surface area (Å²) in [7, 11) is 0.